The van der Waals surface area contributed by atoms with Gasteiger partial charge in [-0.3, -0.25) is 14.1 Å². The van der Waals surface area contributed by atoms with Gasteiger partial charge in [-0.1, -0.05) is 23.2 Å². The van der Waals surface area contributed by atoms with E-state index in [4.69, 9.17) is 23.2 Å². The fraction of sp³-hybridized carbons (Fsp3) is 0.214. The molecular weight excluding hydrogens is 543 g/mol. The van der Waals surface area contributed by atoms with Gasteiger partial charge in [0.15, 0.2) is 0 Å². The van der Waals surface area contributed by atoms with E-state index in [-0.39, 0.29) is 10.8 Å². The quantitative estimate of drug-likeness (QED) is 0.257. The maximum atomic E-state index is 13.3. The fourth-order valence-corrected chi connectivity index (χ4v) is 6.41. The van der Waals surface area contributed by atoms with Gasteiger partial charge in [0, 0.05) is 52.5 Å². The molecule has 4 aromatic rings. The van der Waals surface area contributed by atoms with E-state index in [2.05, 4.69) is 15.6 Å². The molecule has 2 N–H and O–H groups in total. The second-order valence-electron chi connectivity index (χ2n) is 9.03. The standard InChI is InChI=1S/C28H26Cl2N4O3S/c29-21-5-8-23(9-6-21)38(36,37)34-16-1-3-19-17-20(4-11-27(19)34)28(35)33-14-2-13-31-25-12-15-32-26-18-22(30)7-10-24(25)26/h4-12,15,17-18H,1-3,13-14,16H2,(H,31,32)(H,33,35). The Morgan fingerprint density at radius 1 is 0.947 bits per heavy atom. The van der Waals surface area contributed by atoms with Crippen LogP contribution in [0.15, 0.2) is 77.8 Å². The van der Waals surface area contributed by atoms with Crippen LogP contribution in [0.25, 0.3) is 10.9 Å². The highest BCUT2D eigenvalue weighted by molar-refractivity contribution is 7.92. The number of fused-ring (bicyclic) bond motifs is 2. The van der Waals surface area contributed by atoms with Crippen LogP contribution in [-0.4, -0.2) is 38.9 Å². The first-order chi connectivity index (χ1) is 18.3. The summed E-state index contributed by atoms with van der Waals surface area (Å²) in [7, 11) is -3.73. The predicted octanol–water partition coefficient (Wildman–Crippen LogP) is 5.92. The number of anilines is 2. The predicted molar refractivity (Wildman–Crippen MR) is 153 cm³/mol. The van der Waals surface area contributed by atoms with E-state index in [9.17, 15) is 13.2 Å². The Morgan fingerprint density at radius 3 is 2.55 bits per heavy atom. The molecule has 10 heteroatoms. The van der Waals surface area contributed by atoms with Gasteiger partial charge in [0.2, 0.25) is 0 Å². The average molecular weight is 570 g/mol. The van der Waals surface area contributed by atoms with E-state index in [1.54, 1.807) is 36.5 Å². The third-order valence-electron chi connectivity index (χ3n) is 6.48. The molecular formula is C28H26Cl2N4O3S. The first kappa shape index (κ1) is 26.3. The van der Waals surface area contributed by atoms with Crippen LogP contribution < -0.4 is 14.9 Å². The second kappa shape index (κ2) is 11.2. The van der Waals surface area contributed by atoms with E-state index in [0.29, 0.717) is 53.8 Å². The lowest BCUT2D eigenvalue weighted by molar-refractivity contribution is 0.0953. The van der Waals surface area contributed by atoms with Crippen molar-refractivity contribution < 1.29 is 13.2 Å². The minimum absolute atomic E-state index is 0.186. The fourth-order valence-electron chi connectivity index (χ4n) is 4.58. The smallest absolute Gasteiger partial charge is 0.264 e. The van der Waals surface area contributed by atoms with Crippen LogP contribution in [-0.2, 0) is 16.4 Å². The first-order valence-electron chi connectivity index (χ1n) is 12.3. The van der Waals surface area contributed by atoms with Crippen molar-refractivity contribution in [2.45, 2.75) is 24.2 Å². The number of sulfonamides is 1. The Hall–Kier alpha value is -3.33. The summed E-state index contributed by atoms with van der Waals surface area (Å²) in [5.74, 6) is -0.186. The third-order valence-corrected chi connectivity index (χ3v) is 8.79. The Labute approximate surface area is 231 Å². The van der Waals surface area contributed by atoms with Gasteiger partial charge in [0.25, 0.3) is 15.9 Å². The summed E-state index contributed by atoms with van der Waals surface area (Å²) >= 11 is 12.0. The van der Waals surface area contributed by atoms with Gasteiger partial charge >= 0.3 is 0 Å². The number of hydrogen-bond donors (Lipinski definition) is 2. The molecule has 0 bridgehead atoms. The van der Waals surface area contributed by atoms with Crippen LogP contribution in [0.5, 0.6) is 0 Å². The van der Waals surface area contributed by atoms with Crippen molar-refractivity contribution in [2.75, 3.05) is 29.3 Å². The number of nitrogens with zero attached hydrogens (tertiary/aromatic N) is 2. The van der Waals surface area contributed by atoms with Crippen molar-refractivity contribution in [2.24, 2.45) is 0 Å². The maximum Gasteiger partial charge on any atom is 0.264 e. The summed E-state index contributed by atoms with van der Waals surface area (Å²) in [6, 6.07) is 18.9. The first-order valence-corrected chi connectivity index (χ1v) is 14.5. The summed E-state index contributed by atoms with van der Waals surface area (Å²) in [6.07, 6.45) is 3.84. The monoisotopic (exact) mass is 568 g/mol. The van der Waals surface area contributed by atoms with E-state index < -0.39 is 10.0 Å². The molecule has 0 spiro atoms. The number of halogens is 2. The normalized spacial score (nSPS) is 13.3. The van der Waals surface area contributed by atoms with Crippen LogP contribution >= 0.6 is 23.2 Å². The molecule has 1 amide bonds. The van der Waals surface area contributed by atoms with Gasteiger partial charge < -0.3 is 10.6 Å². The number of benzene rings is 3. The number of hydrogen-bond acceptors (Lipinski definition) is 5. The lowest BCUT2D eigenvalue weighted by Crippen LogP contribution is -2.35. The molecule has 2 heterocycles. The molecule has 1 aromatic heterocycles. The summed E-state index contributed by atoms with van der Waals surface area (Å²) in [5.41, 5.74) is 3.75. The van der Waals surface area contributed by atoms with Crippen molar-refractivity contribution >= 4 is 61.4 Å². The molecule has 0 saturated carbocycles. The number of pyridine rings is 1. The van der Waals surface area contributed by atoms with Crippen molar-refractivity contribution in [1.82, 2.24) is 10.3 Å². The van der Waals surface area contributed by atoms with Crippen LogP contribution in [0.2, 0.25) is 10.0 Å². The molecule has 5 rings (SSSR count). The highest BCUT2D eigenvalue weighted by Crippen LogP contribution is 2.33. The second-order valence-corrected chi connectivity index (χ2v) is 11.8. The molecule has 1 aliphatic rings. The number of carbonyl (C=O) groups excluding carboxylic acids is 1. The van der Waals surface area contributed by atoms with Gasteiger partial charge in [-0.2, -0.15) is 0 Å². The molecule has 7 nitrogen and oxygen atoms in total. The van der Waals surface area contributed by atoms with Crippen LogP contribution in [0.3, 0.4) is 0 Å². The lowest BCUT2D eigenvalue weighted by atomic mass is 10.0. The Balaban J connectivity index is 1.19. The van der Waals surface area contributed by atoms with Crippen LogP contribution in [0, 0.1) is 0 Å². The summed E-state index contributed by atoms with van der Waals surface area (Å²) < 4.78 is 27.9. The van der Waals surface area contributed by atoms with Gasteiger partial charge in [-0.15, -0.1) is 0 Å². The molecule has 38 heavy (non-hydrogen) atoms. The Bertz CT molecular complexity index is 1590. The Morgan fingerprint density at radius 2 is 1.74 bits per heavy atom. The van der Waals surface area contributed by atoms with Crippen molar-refractivity contribution in [1.29, 1.82) is 0 Å². The maximum absolute atomic E-state index is 13.3. The average Bonchev–Trinajstić information content (AvgIpc) is 2.92. The highest BCUT2D eigenvalue weighted by atomic mass is 35.5. The summed E-state index contributed by atoms with van der Waals surface area (Å²) in [6.45, 7) is 1.55. The number of carbonyl (C=O) groups is 1. The van der Waals surface area contributed by atoms with E-state index >= 15 is 0 Å². The van der Waals surface area contributed by atoms with Gasteiger partial charge in [0.1, 0.15) is 0 Å². The zero-order valence-electron chi connectivity index (χ0n) is 20.5. The minimum Gasteiger partial charge on any atom is -0.384 e. The van der Waals surface area contributed by atoms with Crippen LogP contribution in [0.1, 0.15) is 28.8 Å². The molecule has 0 aliphatic carbocycles. The van der Waals surface area contributed by atoms with Gasteiger partial charge in [-0.05, 0) is 91.6 Å². The SMILES string of the molecule is O=C(NCCCNc1ccnc2cc(Cl)ccc12)c1ccc2c(c1)CCCN2S(=O)(=O)c1ccc(Cl)cc1. The van der Waals surface area contributed by atoms with Gasteiger partial charge in [-0.25, -0.2) is 8.42 Å². The number of rotatable bonds is 8. The molecule has 0 saturated heterocycles. The van der Waals surface area contributed by atoms with E-state index in [1.807, 2.05) is 24.3 Å². The van der Waals surface area contributed by atoms with E-state index in [1.165, 1.54) is 16.4 Å². The van der Waals surface area contributed by atoms with Crippen molar-refractivity contribution in [3.8, 4) is 0 Å². The molecule has 0 fully saturated rings. The number of nitrogens with one attached hydrogen (secondary N) is 2. The van der Waals surface area contributed by atoms with E-state index in [0.717, 1.165) is 28.6 Å². The summed E-state index contributed by atoms with van der Waals surface area (Å²) in [4.78, 5) is 17.3. The summed E-state index contributed by atoms with van der Waals surface area (Å²) in [5, 5.41) is 8.46. The minimum atomic E-state index is -3.73. The molecule has 0 radical (unpaired) electrons. The Kier molecular flexibility index (Phi) is 7.74. The lowest BCUT2D eigenvalue weighted by Gasteiger charge is -2.30. The topological polar surface area (TPSA) is 91.4 Å². The zero-order chi connectivity index (χ0) is 26.7. The molecule has 0 atom stereocenters. The number of amides is 1. The molecule has 0 unspecified atom stereocenters. The number of aryl methyl sites for hydroxylation is 1. The molecule has 3 aromatic carbocycles. The zero-order valence-corrected chi connectivity index (χ0v) is 22.8. The van der Waals surface area contributed by atoms with Crippen LogP contribution in [0.4, 0.5) is 11.4 Å². The third kappa shape index (κ3) is 5.57. The van der Waals surface area contributed by atoms with Gasteiger partial charge in [0.05, 0.1) is 16.1 Å². The molecule has 1 aliphatic heterocycles. The molecule has 196 valence electrons. The highest BCUT2D eigenvalue weighted by Gasteiger charge is 2.29. The van der Waals surface area contributed by atoms with Crippen molar-refractivity contribution in [3.63, 3.8) is 0 Å². The van der Waals surface area contributed by atoms with Crippen molar-refractivity contribution in [3.05, 3.63) is 94.1 Å². The largest absolute Gasteiger partial charge is 0.384 e. The number of aromatic nitrogens is 1.